The smallest absolute Gasteiger partial charge is 0.314 e. The number of halogens is 1. The predicted octanol–water partition coefficient (Wildman–Crippen LogP) is 6.11. The molecule has 0 radical (unpaired) electrons. The number of hydrogen-bond acceptors (Lipinski definition) is 2. The summed E-state index contributed by atoms with van der Waals surface area (Å²) in [6.45, 7) is 3.98. The summed E-state index contributed by atoms with van der Waals surface area (Å²) < 4.78 is 19.9. The van der Waals surface area contributed by atoms with Crippen LogP contribution in [-0.2, 0) is 4.79 Å². The van der Waals surface area contributed by atoms with Crippen LogP contribution in [0.4, 0.5) is 4.39 Å². The summed E-state index contributed by atoms with van der Waals surface area (Å²) in [6, 6.07) is 11.9. The van der Waals surface area contributed by atoms with Gasteiger partial charge < -0.3 is 4.74 Å². The zero-order chi connectivity index (χ0) is 21.3. The van der Waals surface area contributed by atoms with Crippen molar-refractivity contribution in [2.45, 2.75) is 52.4 Å². The van der Waals surface area contributed by atoms with Crippen LogP contribution in [0.15, 0.2) is 42.5 Å². The van der Waals surface area contributed by atoms with Crippen LogP contribution in [0.5, 0.6) is 5.75 Å². The summed E-state index contributed by atoms with van der Waals surface area (Å²) in [7, 11) is 0. The maximum absolute atomic E-state index is 14.4. The molecule has 0 aliphatic heterocycles. The first kappa shape index (κ1) is 21.7. The molecule has 3 heteroatoms. The van der Waals surface area contributed by atoms with E-state index in [1.165, 1.54) is 18.9 Å². The summed E-state index contributed by atoms with van der Waals surface area (Å²) in [4.78, 5) is 12.4. The highest BCUT2D eigenvalue weighted by Gasteiger charge is 2.27. The third kappa shape index (κ3) is 5.98. The van der Waals surface area contributed by atoms with Gasteiger partial charge >= 0.3 is 5.97 Å². The van der Waals surface area contributed by atoms with Crippen molar-refractivity contribution in [2.75, 3.05) is 0 Å². The van der Waals surface area contributed by atoms with E-state index in [1.54, 1.807) is 19.1 Å². The third-order valence-electron chi connectivity index (χ3n) is 5.53. The van der Waals surface area contributed by atoms with Gasteiger partial charge in [-0.25, -0.2) is 4.39 Å². The Bertz CT molecular complexity index is 991. The quantitative estimate of drug-likeness (QED) is 0.350. The molecule has 3 rings (SSSR count). The fourth-order valence-corrected chi connectivity index (χ4v) is 3.88. The molecule has 2 aromatic carbocycles. The summed E-state index contributed by atoms with van der Waals surface area (Å²) in [6.07, 6.45) is 6.28. The van der Waals surface area contributed by atoms with Gasteiger partial charge in [0, 0.05) is 17.2 Å². The lowest BCUT2D eigenvalue weighted by Gasteiger charge is -2.26. The Hall–Kier alpha value is -3.04. The molecule has 2 aromatic rings. The number of ether oxygens (including phenoxy) is 1. The molecule has 1 fully saturated rings. The van der Waals surface area contributed by atoms with Crippen LogP contribution in [-0.4, -0.2) is 5.97 Å². The van der Waals surface area contributed by atoms with Gasteiger partial charge in [-0.1, -0.05) is 37.5 Å². The zero-order valence-electron chi connectivity index (χ0n) is 17.6. The van der Waals surface area contributed by atoms with E-state index >= 15 is 0 Å². The number of carbonyl (C=O) groups is 1. The van der Waals surface area contributed by atoms with Gasteiger partial charge in [0.05, 0.1) is 11.5 Å². The Balaban J connectivity index is 1.60. The molecule has 30 heavy (non-hydrogen) atoms. The lowest BCUT2D eigenvalue weighted by atomic mass is 9.80. The second-order valence-electron chi connectivity index (χ2n) is 7.77. The van der Waals surface area contributed by atoms with Gasteiger partial charge in [0.1, 0.15) is 11.6 Å². The molecule has 0 heterocycles. The number of rotatable bonds is 4. The number of hydrogen-bond donors (Lipinski definition) is 0. The molecule has 1 saturated carbocycles. The van der Waals surface area contributed by atoms with Gasteiger partial charge in [-0.15, -0.1) is 5.92 Å². The fraction of sp³-hybridized carbons (Fsp3) is 0.370. The molecule has 2 nitrogen and oxygen atoms in total. The lowest BCUT2D eigenvalue weighted by molar-refractivity contribution is -0.140. The second kappa shape index (κ2) is 10.7. The van der Waals surface area contributed by atoms with Crippen molar-refractivity contribution in [1.82, 2.24) is 0 Å². The Morgan fingerprint density at radius 3 is 2.27 bits per heavy atom. The number of carbonyl (C=O) groups excluding carboxylic acids is 1. The number of benzene rings is 2. The Kier molecular flexibility index (Phi) is 7.69. The van der Waals surface area contributed by atoms with Crippen LogP contribution >= 0.6 is 0 Å². The highest BCUT2D eigenvalue weighted by molar-refractivity contribution is 5.75. The molecule has 0 N–H and O–H groups in total. The molecule has 0 atom stereocenters. The molecule has 154 valence electrons. The minimum atomic E-state index is -0.493. The maximum Gasteiger partial charge on any atom is 0.314 e. The van der Waals surface area contributed by atoms with Crippen molar-refractivity contribution < 1.29 is 13.9 Å². The lowest BCUT2D eigenvalue weighted by Crippen LogP contribution is -2.25. The molecule has 1 aliphatic rings. The highest BCUT2D eigenvalue weighted by Crippen LogP contribution is 2.32. The van der Waals surface area contributed by atoms with Crippen molar-refractivity contribution in [1.29, 1.82) is 0 Å². The molecule has 0 amide bonds. The summed E-state index contributed by atoms with van der Waals surface area (Å²) in [5.41, 5.74) is 1.97. The van der Waals surface area contributed by atoms with Crippen molar-refractivity contribution in [3.63, 3.8) is 0 Å². The van der Waals surface area contributed by atoms with E-state index in [2.05, 4.69) is 30.6 Å². The van der Waals surface area contributed by atoms with E-state index in [1.807, 2.05) is 24.3 Å². The molecule has 0 bridgehead atoms. The first-order valence-corrected chi connectivity index (χ1v) is 10.6. The highest BCUT2D eigenvalue weighted by atomic mass is 19.1. The molecule has 0 spiro atoms. The largest absolute Gasteiger partial charge is 0.426 e. The average molecular weight is 403 g/mol. The molecular formula is C27H27FO2. The topological polar surface area (TPSA) is 26.3 Å². The van der Waals surface area contributed by atoms with E-state index in [4.69, 9.17) is 4.74 Å². The normalized spacial score (nSPS) is 17.8. The SMILES string of the molecule is CC#Cc1ccc(C#Cc2ccc(OC(=O)[C@H]3CC[C@H](CCC)CC3)cc2F)cc1. The predicted molar refractivity (Wildman–Crippen MR) is 117 cm³/mol. The van der Waals surface area contributed by atoms with Gasteiger partial charge in [0.2, 0.25) is 0 Å². The zero-order valence-corrected chi connectivity index (χ0v) is 17.6. The van der Waals surface area contributed by atoms with E-state index in [0.717, 1.165) is 42.7 Å². The summed E-state index contributed by atoms with van der Waals surface area (Å²) >= 11 is 0. The minimum Gasteiger partial charge on any atom is -0.426 e. The fourth-order valence-electron chi connectivity index (χ4n) is 3.88. The Labute approximate surface area is 178 Å². The first-order valence-electron chi connectivity index (χ1n) is 10.6. The molecule has 1 aliphatic carbocycles. The average Bonchev–Trinajstić information content (AvgIpc) is 2.75. The summed E-state index contributed by atoms with van der Waals surface area (Å²) in [5.74, 6) is 11.7. The summed E-state index contributed by atoms with van der Waals surface area (Å²) in [5, 5.41) is 0. The van der Waals surface area contributed by atoms with Crippen LogP contribution in [0.2, 0.25) is 0 Å². The van der Waals surface area contributed by atoms with E-state index in [9.17, 15) is 9.18 Å². The molecular weight excluding hydrogens is 375 g/mol. The van der Waals surface area contributed by atoms with Crippen LogP contribution in [0, 0.1) is 41.3 Å². The molecule has 0 saturated heterocycles. The van der Waals surface area contributed by atoms with Crippen molar-refractivity contribution in [2.24, 2.45) is 11.8 Å². The van der Waals surface area contributed by atoms with Gasteiger partial charge in [-0.05, 0) is 74.9 Å². The minimum absolute atomic E-state index is 0.0824. The second-order valence-corrected chi connectivity index (χ2v) is 7.77. The van der Waals surface area contributed by atoms with Gasteiger partial charge in [-0.3, -0.25) is 4.79 Å². The standard InChI is InChI=1S/C27H27FO2/c1-3-5-20-7-9-22(10-8-20)11-14-23-17-18-25(19-26(23)28)30-27(29)24-15-12-21(6-4-2)13-16-24/h7-10,17-19,21,24H,4,6,12-13,15-16H2,1-2H3/t21-,24-. The van der Waals surface area contributed by atoms with Crippen LogP contribution < -0.4 is 4.74 Å². The van der Waals surface area contributed by atoms with E-state index < -0.39 is 5.82 Å². The van der Waals surface area contributed by atoms with Gasteiger partial charge in [0.15, 0.2) is 0 Å². The van der Waals surface area contributed by atoms with Crippen LogP contribution in [0.1, 0.15) is 69.1 Å². The maximum atomic E-state index is 14.4. The van der Waals surface area contributed by atoms with Gasteiger partial charge in [0.25, 0.3) is 0 Å². The Morgan fingerprint density at radius 2 is 1.67 bits per heavy atom. The molecule has 0 unspecified atom stereocenters. The number of esters is 1. The van der Waals surface area contributed by atoms with Crippen molar-refractivity contribution in [3.8, 4) is 29.4 Å². The van der Waals surface area contributed by atoms with Crippen LogP contribution in [0.3, 0.4) is 0 Å². The van der Waals surface area contributed by atoms with Crippen molar-refractivity contribution in [3.05, 3.63) is 65.0 Å². The Morgan fingerprint density at radius 1 is 1.00 bits per heavy atom. The van der Waals surface area contributed by atoms with Crippen molar-refractivity contribution >= 4 is 5.97 Å². The van der Waals surface area contributed by atoms with E-state index in [0.29, 0.717) is 0 Å². The van der Waals surface area contributed by atoms with Gasteiger partial charge in [-0.2, -0.15) is 0 Å². The monoisotopic (exact) mass is 402 g/mol. The first-order chi connectivity index (χ1) is 14.6. The van der Waals surface area contributed by atoms with E-state index in [-0.39, 0.29) is 23.2 Å². The third-order valence-corrected chi connectivity index (χ3v) is 5.53. The molecule has 0 aromatic heterocycles. The van der Waals surface area contributed by atoms with Crippen LogP contribution in [0.25, 0.3) is 0 Å².